The fraction of sp³-hybridized carbons (Fsp3) is 0.471. The molecule has 0 spiro atoms. The lowest BCUT2D eigenvalue weighted by atomic mass is 9.96. The Morgan fingerprint density at radius 2 is 2.04 bits per heavy atom. The summed E-state index contributed by atoms with van der Waals surface area (Å²) in [7, 11) is 0. The number of hydrogen-bond donors (Lipinski definition) is 2. The minimum Gasteiger partial charge on any atom is -0.368 e. The van der Waals surface area contributed by atoms with Crippen LogP contribution in [0.15, 0.2) is 29.4 Å². The predicted octanol–water partition coefficient (Wildman–Crippen LogP) is 2.94. The largest absolute Gasteiger partial charge is 0.368 e. The zero-order valence-corrected chi connectivity index (χ0v) is 15.1. The number of rotatable bonds is 7. The van der Waals surface area contributed by atoms with E-state index in [1.165, 1.54) is 23.9 Å². The van der Waals surface area contributed by atoms with Gasteiger partial charge in [-0.05, 0) is 36.5 Å². The number of carbonyl (C=O) groups is 1. The van der Waals surface area contributed by atoms with E-state index < -0.39 is 0 Å². The van der Waals surface area contributed by atoms with Crippen molar-refractivity contribution in [3.63, 3.8) is 0 Å². The number of nitrogen functional groups attached to an aromatic ring is 1. The Hall–Kier alpha value is -2.09. The highest BCUT2D eigenvalue weighted by molar-refractivity contribution is 7.99. The van der Waals surface area contributed by atoms with Crippen molar-refractivity contribution >= 4 is 23.6 Å². The number of nitrogens with zero attached hydrogens (tertiary/aromatic N) is 3. The molecule has 3 N–H and O–H groups in total. The Morgan fingerprint density at radius 3 is 2.64 bits per heavy atom. The average molecular weight is 363 g/mol. The van der Waals surface area contributed by atoms with Gasteiger partial charge in [0.15, 0.2) is 5.16 Å². The third kappa shape index (κ3) is 4.31. The van der Waals surface area contributed by atoms with Crippen LogP contribution in [0.2, 0.25) is 0 Å². The van der Waals surface area contributed by atoms with Crippen molar-refractivity contribution in [2.45, 2.75) is 43.9 Å². The molecule has 8 heteroatoms. The fourth-order valence-corrected chi connectivity index (χ4v) is 3.54. The van der Waals surface area contributed by atoms with E-state index in [0.717, 1.165) is 18.4 Å². The minimum atomic E-state index is -0.287. The number of anilines is 1. The van der Waals surface area contributed by atoms with E-state index in [0.29, 0.717) is 17.1 Å². The molecular formula is C17H22FN5OS. The van der Waals surface area contributed by atoms with E-state index in [1.807, 2.05) is 18.4 Å². The SMILES string of the molecule is CC(C)[C@@H](NC(=O)CSc1nnc(N)n1C1CC1)c1ccc(F)cc1. The van der Waals surface area contributed by atoms with Gasteiger partial charge in [-0.2, -0.15) is 0 Å². The molecule has 3 rings (SSSR count). The molecule has 0 bridgehead atoms. The number of halogens is 1. The number of nitrogens with two attached hydrogens (primary N) is 1. The summed E-state index contributed by atoms with van der Waals surface area (Å²) < 4.78 is 15.0. The van der Waals surface area contributed by atoms with Crippen molar-refractivity contribution in [2.24, 2.45) is 5.92 Å². The highest BCUT2D eigenvalue weighted by Gasteiger charge is 2.29. The van der Waals surface area contributed by atoms with Crippen LogP contribution in [-0.2, 0) is 4.79 Å². The minimum absolute atomic E-state index is 0.100. The molecule has 1 aromatic heterocycles. The second kappa shape index (κ2) is 7.43. The standard InChI is InChI=1S/C17H22FN5OS/c1-10(2)15(11-3-5-12(18)6-4-11)20-14(24)9-25-17-22-21-16(19)23(17)13-7-8-13/h3-6,10,13,15H,7-9H2,1-2H3,(H2,19,21)(H,20,24)/t15-/m1/s1. The van der Waals surface area contributed by atoms with E-state index in [9.17, 15) is 9.18 Å². The molecule has 6 nitrogen and oxygen atoms in total. The second-order valence-electron chi connectivity index (χ2n) is 6.57. The van der Waals surface area contributed by atoms with Crippen LogP contribution >= 0.6 is 11.8 Å². The average Bonchev–Trinajstić information content (AvgIpc) is 3.34. The molecular weight excluding hydrogens is 341 g/mol. The van der Waals surface area contributed by atoms with Gasteiger partial charge in [-0.15, -0.1) is 10.2 Å². The fourth-order valence-electron chi connectivity index (χ4n) is 2.71. The molecule has 134 valence electrons. The number of nitrogens with one attached hydrogen (secondary N) is 1. The maximum Gasteiger partial charge on any atom is 0.230 e. The molecule has 0 unspecified atom stereocenters. The predicted molar refractivity (Wildman–Crippen MR) is 95.6 cm³/mol. The molecule has 1 heterocycles. The van der Waals surface area contributed by atoms with Crippen LogP contribution in [0.4, 0.5) is 10.3 Å². The van der Waals surface area contributed by atoms with Crippen LogP contribution in [0.5, 0.6) is 0 Å². The van der Waals surface area contributed by atoms with Crippen molar-refractivity contribution in [3.8, 4) is 0 Å². The Balaban J connectivity index is 1.61. The first-order chi connectivity index (χ1) is 12.0. The molecule has 0 aliphatic heterocycles. The number of amides is 1. The van der Waals surface area contributed by atoms with E-state index in [-0.39, 0.29) is 29.4 Å². The third-order valence-electron chi connectivity index (χ3n) is 4.15. The number of hydrogen-bond acceptors (Lipinski definition) is 5. The molecule has 1 aromatic carbocycles. The summed E-state index contributed by atoms with van der Waals surface area (Å²) in [6.45, 7) is 4.04. The molecule has 0 saturated heterocycles. The van der Waals surface area contributed by atoms with Crippen molar-refractivity contribution in [3.05, 3.63) is 35.6 Å². The summed E-state index contributed by atoms with van der Waals surface area (Å²) in [5.41, 5.74) is 6.73. The topological polar surface area (TPSA) is 85.8 Å². The summed E-state index contributed by atoms with van der Waals surface area (Å²) >= 11 is 1.33. The van der Waals surface area contributed by atoms with Gasteiger partial charge in [0.05, 0.1) is 11.8 Å². The first-order valence-electron chi connectivity index (χ1n) is 8.33. The molecule has 1 saturated carbocycles. The van der Waals surface area contributed by atoms with Crippen LogP contribution in [0, 0.1) is 11.7 Å². The molecule has 0 radical (unpaired) electrons. The number of carbonyl (C=O) groups excluding carboxylic acids is 1. The first-order valence-corrected chi connectivity index (χ1v) is 9.32. The van der Waals surface area contributed by atoms with Gasteiger partial charge in [0.1, 0.15) is 5.82 Å². The van der Waals surface area contributed by atoms with Crippen molar-refractivity contribution in [1.82, 2.24) is 20.1 Å². The normalized spacial score (nSPS) is 15.4. The number of benzene rings is 1. The first kappa shape index (κ1) is 17.7. The van der Waals surface area contributed by atoms with Gasteiger partial charge in [0.2, 0.25) is 11.9 Å². The summed E-state index contributed by atoms with van der Waals surface area (Å²) in [5, 5.41) is 11.7. The Kier molecular flexibility index (Phi) is 5.27. The highest BCUT2D eigenvalue weighted by Crippen LogP contribution is 2.39. The number of aromatic nitrogens is 3. The monoisotopic (exact) mass is 363 g/mol. The Bertz CT molecular complexity index is 742. The van der Waals surface area contributed by atoms with Gasteiger partial charge >= 0.3 is 0 Å². The van der Waals surface area contributed by atoms with Crippen LogP contribution in [0.25, 0.3) is 0 Å². The zero-order chi connectivity index (χ0) is 18.0. The summed E-state index contributed by atoms with van der Waals surface area (Å²) in [6.07, 6.45) is 2.14. The number of thioether (sulfide) groups is 1. The molecule has 1 amide bonds. The maximum absolute atomic E-state index is 13.1. The molecule has 25 heavy (non-hydrogen) atoms. The van der Waals surface area contributed by atoms with Crippen LogP contribution < -0.4 is 11.1 Å². The summed E-state index contributed by atoms with van der Waals surface area (Å²) in [4.78, 5) is 12.4. The third-order valence-corrected chi connectivity index (χ3v) is 5.09. The van der Waals surface area contributed by atoms with Gasteiger partial charge in [-0.25, -0.2) is 4.39 Å². The molecule has 1 fully saturated rings. The van der Waals surface area contributed by atoms with Crippen LogP contribution in [0.3, 0.4) is 0 Å². The second-order valence-corrected chi connectivity index (χ2v) is 7.51. The van der Waals surface area contributed by atoms with E-state index in [2.05, 4.69) is 15.5 Å². The lowest BCUT2D eigenvalue weighted by molar-refractivity contribution is -0.119. The van der Waals surface area contributed by atoms with E-state index in [4.69, 9.17) is 5.73 Å². The molecule has 1 aliphatic rings. The molecule has 1 atom stereocenters. The lowest BCUT2D eigenvalue weighted by Crippen LogP contribution is -2.33. The molecule has 2 aromatic rings. The van der Waals surface area contributed by atoms with Crippen LogP contribution in [-0.4, -0.2) is 26.4 Å². The Morgan fingerprint density at radius 1 is 1.36 bits per heavy atom. The van der Waals surface area contributed by atoms with Gasteiger partial charge in [0, 0.05) is 6.04 Å². The lowest BCUT2D eigenvalue weighted by Gasteiger charge is -2.23. The summed E-state index contributed by atoms with van der Waals surface area (Å²) in [6, 6.07) is 6.43. The summed E-state index contributed by atoms with van der Waals surface area (Å²) in [5.74, 6) is 0.430. The van der Waals surface area contributed by atoms with Gasteiger partial charge in [0.25, 0.3) is 0 Å². The Labute approximate surface area is 150 Å². The maximum atomic E-state index is 13.1. The van der Waals surface area contributed by atoms with Gasteiger partial charge in [-0.1, -0.05) is 37.7 Å². The van der Waals surface area contributed by atoms with Crippen molar-refractivity contribution in [1.29, 1.82) is 0 Å². The van der Waals surface area contributed by atoms with Gasteiger partial charge < -0.3 is 11.1 Å². The van der Waals surface area contributed by atoms with E-state index in [1.54, 1.807) is 12.1 Å². The van der Waals surface area contributed by atoms with Crippen molar-refractivity contribution < 1.29 is 9.18 Å². The van der Waals surface area contributed by atoms with Gasteiger partial charge in [-0.3, -0.25) is 9.36 Å². The molecule has 1 aliphatic carbocycles. The van der Waals surface area contributed by atoms with E-state index >= 15 is 0 Å². The quantitative estimate of drug-likeness (QED) is 0.739. The van der Waals surface area contributed by atoms with Crippen LogP contribution in [0.1, 0.15) is 44.3 Å². The zero-order valence-electron chi connectivity index (χ0n) is 14.3. The smallest absolute Gasteiger partial charge is 0.230 e. The highest BCUT2D eigenvalue weighted by atomic mass is 32.2. The van der Waals surface area contributed by atoms with Crippen molar-refractivity contribution in [2.75, 3.05) is 11.5 Å².